The Balaban J connectivity index is 2.04. The van der Waals surface area contributed by atoms with E-state index < -0.39 is 11.7 Å². The molecule has 1 aromatic carbocycles. The van der Waals surface area contributed by atoms with Gasteiger partial charge in [-0.25, -0.2) is 0 Å². The molecule has 2 atom stereocenters. The maximum absolute atomic E-state index is 12.2. The summed E-state index contributed by atoms with van der Waals surface area (Å²) in [5.41, 5.74) is -0.416. The first-order valence-electron chi connectivity index (χ1n) is 6.60. The van der Waals surface area contributed by atoms with Crippen LogP contribution in [0.1, 0.15) is 25.8 Å². The smallest absolute Gasteiger partial charge is 0.263 e. The van der Waals surface area contributed by atoms with Crippen molar-refractivity contribution in [1.29, 1.82) is 5.26 Å². The molecule has 106 valence electrons. The summed E-state index contributed by atoms with van der Waals surface area (Å²) in [5, 5.41) is 18.9. The van der Waals surface area contributed by atoms with Crippen LogP contribution >= 0.6 is 0 Å². The maximum Gasteiger partial charge on any atom is 0.263 e. The molecule has 2 unspecified atom stereocenters. The summed E-state index contributed by atoms with van der Waals surface area (Å²) in [6.07, 6.45) is -0.112. The first-order chi connectivity index (χ1) is 9.43. The highest BCUT2D eigenvalue weighted by atomic mass is 16.5. The molecule has 0 saturated carbocycles. The van der Waals surface area contributed by atoms with Crippen LogP contribution in [-0.2, 0) is 4.79 Å². The summed E-state index contributed by atoms with van der Waals surface area (Å²) in [6, 6.07) is 8.85. The largest absolute Gasteiger partial charge is 0.480 e. The van der Waals surface area contributed by atoms with Crippen molar-refractivity contribution in [3.05, 3.63) is 29.8 Å². The van der Waals surface area contributed by atoms with Crippen LogP contribution < -0.4 is 4.74 Å². The Morgan fingerprint density at radius 2 is 2.25 bits per heavy atom. The summed E-state index contributed by atoms with van der Waals surface area (Å²) in [6.45, 7) is 4.22. The summed E-state index contributed by atoms with van der Waals surface area (Å²) in [5.74, 6) is 0.234. The number of benzene rings is 1. The predicted octanol–water partition coefficient (Wildman–Crippen LogP) is 1.31. The molecule has 1 aliphatic heterocycles. The van der Waals surface area contributed by atoms with Gasteiger partial charge in [-0.05, 0) is 32.4 Å². The number of para-hydroxylation sites is 1. The first kappa shape index (κ1) is 14.4. The van der Waals surface area contributed by atoms with E-state index >= 15 is 0 Å². The van der Waals surface area contributed by atoms with Gasteiger partial charge in [0.25, 0.3) is 5.91 Å². The SMILES string of the molecule is CC(Oc1ccccc1C#N)C(=O)N1CCC(C)(O)C1. The molecule has 5 nitrogen and oxygen atoms in total. The number of likely N-dealkylation sites (tertiary alicyclic amines) is 1. The average molecular weight is 274 g/mol. The molecule has 1 amide bonds. The zero-order chi connectivity index (χ0) is 14.8. The van der Waals surface area contributed by atoms with Crippen LogP contribution in [0.25, 0.3) is 0 Å². The summed E-state index contributed by atoms with van der Waals surface area (Å²) in [7, 11) is 0. The van der Waals surface area contributed by atoms with Gasteiger partial charge >= 0.3 is 0 Å². The van der Waals surface area contributed by atoms with Gasteiger partial charge in [-0.1, -0.05) is 12.1 Å². The van der Waals surface area contributed by atoms with Crippen molar-refractivity contribution in [2.24, 2.45) is 0 Å². The molecule has 0 aromatic heterocycles. The molecule has 5 heteroatoms. The molecule has 1 fully saturated rings. The van der Waals surface area contributed by atoms with Crippen molar-refractivity contribution in [2.45, 2.75) is 32.0 Å². The van der Waals surface area contributed by atoms with E-state index in [1.54, 1.807) is 43.0 Å². The summed E-state index contributed by atoms with van der Waals surface area (Å²) >= 11 is 0. The van der Waals surface area contributed by atoms with Gasteiger partial charge in [0, 0.05) is 13.1 Å². The van der Waals surface area contributed by atoms with Gasteiger partial charge in [0.15, 0.2) is 6.10 Å². The highest BCUT2D eigenvalue weighted by Gasteiger charge is 2.36. The topological polar surface area (TPSA) is 73.6 Å². The lowest BCUT2D eigenvalue weighted by Gasteiger charge is -2.23. The quantitative estimate of drug-likeness (QED) is 0.902. The number of amides is 1. The number of carbonyl (C=O) groups excluding carboxylic acids is 1. The van der Waals surface area contributed by atoms with Crippen LogP contribution in [0.4, 0.5) is 0 Å². The van der Waals surface area contributed by atoms with Crippen molar-refractivity contribution in [1.82, 2.24) is 4.90 Å². The lowest BCUT2D eigenvalue weighted by atomic mass is 10.1. The lowest BCUT2D eigenvalue weighted by Crippen LogP contribution is -2.41. The third-order valence-corrected chi connectivity index (χ3v) is 3.42. The van der Waals surface area contributed by atoms with E-state index in [1.807, 2.05) is 6.07 Å². The van der Waals surface area contributed by atoms with Gasteiger partial charge in [-0.15, -0.1) is 0 Å². The molecule has 1 aliphatic rings. The highest BCUT2D eigenvalue weighted by molar-refractivity contribution is 5.81. The Morgan fingerprint density at radius 3 is 2.85 bits per heavy atom. The van der Waals surface area contributed by atoms with Crippen molar-refractivity contribution in [3.8, 4) is 11.8 Å². The number of aliphatic hydroxyl groups is 1. The molecule has 1 heterocycles. The minimum atomic E-state index is -0.820. The van der Waals surface area contributed by atoms with Crippen LogP contribution in [0.5, 0.6) is 5.75 Å². The van der Waals surface area contributed by atoms with E-state index in [4.69, 9.17) is 10.00 Å². The second kappa shape index (κ2) is 5.51. The average Bonchev–Trinajstić information content (AvgIpc) is 2.78. The summed E-state index contributed by atoms with van der Waals surface area (Å²) in [4.78, 5) is 13.8. The van der Waals surface area contributed by atoms with E-state index in [1.165, 1.54) is 0 Å². The first-order valence-corrected chi connectivity index (χ1v) is 6.60. The monoisotopic (exact) mass is 274 g/mol. The number of hydrogen-bond acceptors (Lipinski definition) is 4. The summed E-state index contributed by atoms with van der Waals surface area (Å²) < 4.78 is 5.58. The van der Waals surface area contributed by atoms with Crippen LogP contribution in [-0.4, -0.2) is 40.7 Å². The minimum Gasteiger partial charge on any atom is -0.480 e. The fourth-order valence-electron chi connectivity index (χ4n) is 2.29. The number of hydrogen-bond donors (Lipinski definition) is 1. The number of ether oxygens (including phenoxy) is 1. The normalized spacial score (nSPS) is 23.2. The van der Waals surface area contributed by atoms with E-state index in [-0.39, 0.29) is 5.91 Å². The third kappa shape index (κ3) is 3.09. The molecule has 1 N–H and O–H groups in total. The Labute approximate surface area is 118 Å². The van der Waals surface area contributed by atoms with Crippen molar-refractivity contribution in [2.75, 3.05) is 13.1 Å². The molecule has 2 rings (SSSR count). The Bertz CT molecular complexity index is 548. The molecule has 0 radical (unpaired) electrons. The molecule has 1 saturated heterocycles. The molecular formula is C15H18N2O3. The van der Waals surface area contributed by atoms with Crippen LogP contribution in [0.2, 0.25) is 0 Å². The molecular weight excluding hydrogens is 256 g/mol. The number of nitrogens with zero attached hydrogens (tertiary/aromatic N) is 2. The van der Waals surface area contributed by atoms with E-state index in [9.17, 15) is 9.90 Å². The van der Waals surface area contributed by atoms with Crippen molar-refractivity contribution < 1.29 is 14.6 Å². The van der Waals surface area contributed by atoms with Gasteiger partial charge in [0.05, 0.1) is 11.2 Å². The predicted molar refractivity (Wildman–Crippen MR) is 73.1 cm³/mol. The second-order valence-electron chi connectivity index (χ2n) is 5.37. The van der Waals surface area contributed by atoms with Gasteiger partial charge in [-0.2, -0.15) is 5.26 Å². The van der Waals surface area contributed by atoms with Crippen LogP contribution in [0.3, 0.4) is 0 Å². The molecule has 20 heavy (non-hydrogen) atoms. The third-order valence-electron chi connectivity index (χ3n) is 3.42. The van der Waals surface area contributed by atoms with Gasteiger partial charge in [0.2, 0.25) is 0 Å². The fraction of sp³-hybridized carbons (Fsp3) is 0.467. The molecule has 1 aromatic rings. The van der Waals surface area contributed by atoms with Gasteiger partial charge in [0.1, 0.15) is 11.8 Å². The number of nitriles is 1. The van der Waals surface area contributed by atoms with Crippen molar-refractivity contribution >= 4 is 5.91 Å². The second-order valence-corrected chi connectivity index (χ2v) is 5.37. The molecule has 0 bridgehead atoms. The van der Waals surface area contributed by atoms with Gasteiger partial charge in [-0.3, -0.25) is 4.79 Å². The maximum atomic E-state index is 12.2. The standard InChI is InChI=1S/C15H18N2O3/c1-11(14(18)17-8-7-15(2,19)10-17)20-13-6-4-3-5-12(13)9-16/h3-6,11,19H,7-8,10H2,1-2H3. The Hall–Kier alpha value is -2.06. The van der Waals surface area contributed by atoms with Crippen LogP contribution in [0.15, 0.2) is 24.3 Å². The van der Waals surface area contributed by atoms with E-state index in [0.29, 0.717) is 30.8 Å². The van der Waals surface area contributed by atoms with Gasteiger partial charge < -0.3 is 14.7 Å². The number of β-amino-alcohol motifs (C(OH)–C–C–N with tert-alkyl or cyclic N) is 1. The Morgan fingerprint density at radius 1 is 1.55 bits per heavy atom. The van der Waals surface area contributed by atoms with Crippen molar-refractivity contribution in [3.63, 3.8) is 0 Å². The fourth-order valence-corrected chi connectivity index (χ4v) is 2.29. The van der Waals surface area contributed by atoms with E-state index in [0.717, 1.165) is 0 Å². The number of carbonyl (C=O) groups is 1. The molecule has 0 aliphatic carbocycles. The zero-order valence-electron chi connectivity index (χ0n) is 11.7. The highest BCUT2D eigenvalue weighted by Crippen LogP contribution is 2.23. The van der Waals surface area contributed by atoms with E-state index in [2.05, 4.69) is 0 Å². The van der Waals surface area contributed by atoms with Crippen LogP contribution in [0, 0.1) is 11.3 Å². The zero-order valence-corrected chi connectivity index (χ0v) is 11.7. The number of rotatable bonds is 3. The minimum absolute atomic E-state index is 0.171. The molecule has 0 spiro atoms. The lowest BCUT2D eigenvalue weighted by molar-refractivity contribution is -0.137. The Kier molecular flexibility index (Phi) is 3.96.